The standard InChI is InChI=1S/C22H19Cl2NO6S/c1-3-28-18-6-12(5-15(24)20(18)29-4-2)7-19-21(26)25(22(27)32-19)10-13-8-16-17(9-14(13)23)31-11-30-16/h5-9H,3-4,10-11H2,1-2H3/b19-7-. The summed E-state index contributed by atoms with van der Waals surface area (Å²) in [6.45, 7) is 4.68. The Kier molecular flexibility index (Phi) is 6.74. The Hall–Kier alpha value is -2.55. The van der Waals surface area contributed by atoms with Crippen molar-refractivity contribution in [2.45, 2.75) is 20.4 Å². The molecule has 2 aliphatic heterocycles. The maximum absolute atomic E-state index is 13.0. The number of carbonyl (C=O) groups excluding carboxylic acids is 2. The number of fused-ring (bicyclic) bond motifs is 1. The first-order valence-corrected chi connectivity index (χ1v) is 11.4. The molecule has 2 aliphatic rings. The monoisotopic (exact) mass is 495 g/mol. The Morgan fingerprint density at radius 1 is 1.03 bits per heavy atom. The number of ether oxygens (including phenoxy) is 4. The molecule has 10 heteroatoms. The van der Waals surface area contributed by atoms with Gasteiger partial charge in [0.1, 0.15) is 0 Å². The molecule has 2 heterocycles. The number of amides is 2. The van der Waals surface area contributed by atoms with Gasteiger partial charge in [-0.25, -0.2) is 0 Å². The molecule has 2 aromatic rings. The zero-order valence-corrected chi connectivity index (χ0v) is 19.6. The van der Waals surface area contributed by atoms with Crippen molar-refractivity contribution in [3.63, 3.8) is 0 Å². The molecule has 168 valence electrons. The van der Waals surface area contributed by atoms with E-state index in [2.05, 4.69) is 0 Å². The van der Waals surface area contributed by atoms with E-state index in [4.69, 9.17) is 42.1 Å². The Bertz CT molecular complexity index is 1120. The lowest BCUT2D eigenvalue weighted by Gasteiger charge is -2.14. The summed E-state index contributed by atoms with van der Waals surface area (Å²) in [4.78, 5) is 26.9. The molecule has 0 atom stereocenters. The van der Waals surface area contributed by atoms with Gasteiger partial charge >= 0.3 is 0 Å². The topological polar surface area (TPSA) is 74.3 Å². The molecule has 0 bridgehead atoms. The number of benzene rings is 2. The summed E-state index contributed by atoms with van der Waals surface area (Å²) in [6, 6.07) is 6.68. The van der Waals surface area contributed by atoms with Crippen LogP contribution >= 0.6 is 35.0 Å². The van der Waals surface area contributed by atoms with Crippen LogP contribution in [0.3, 0.4) is 0 Å². The van der Waals surface area contributed by atoms with Gasteiger partial charge in [0.15, 0.2) is 23.0 Å². The molecule has 0 unspecified atom stereocenters. The van der Waals surface area contributed by atoms with Gasteiger partial charge in [-0.15, -0.1) is 0 Å². The minimum absolute atomic E-state index is 0.0196. The fourth-order valence-corrected chi connectivity index (χ4v) is 4.58. The van der Waals surface area contributed by atoms with E-state index in [1.54, 1.807) is 30.3 Å². The number of imide groups is 1. The SMILES string of the molecule is CCOc1cc(/C=C2\SC(=O)N(Cc3cc4c(cc3Cl)OCO4)C2=O)cc(Cl)c1OCC. The highest BCUT2D eigenvalue weighted by atomic mass is 35.5. The lowest BCUT2D eigenvalue weighted by atomic mass is 10.1. The van der Waals surface area contributed by atoms with Gasteiger partial charge in [-0.05, 0) is 61.0 Å². The van der Waals surface area contributed by atoms with Gasteiger partial charge in [0, 0.05) is 11.1 Å². The number of hydrogen-bond donors (Lipinski definition) is 0. The highest BCUT2D eigenvalue weighted by Crippen LogP contribution is 2.41. The van der Waals surface area contributed by atoms with E-state index in [-0.39, 0.29) is 18.2 Å². The minimum Gasteiger partial charge on any atom is -0.490 e. The highest BCUT2D eigenvalue weighted by Gasteiger charge is 2.36. The van der Waals surface area contributed by atoms with Crippen molar-refractivity contribution in [3.05, 3.63) is 50.3 Å². The van der Waals surface area contributed by atoms with E-state index in [9.17, 15) is 9.59 Å². The molecule has 1 fully saturated rings. The zero-order valence-electron chi connectivity index (χ0n) is 17.3. The van der Waals surface area contributed by atoms with Gasteiger partial charge in [0.05, 0.1) is 29.7 Å². The predicted molar refractivity (Wildman–Crippen MR) is 123 cm³/mol. The van der Waals surface area contributed by atoms with Crippen LogP contribution in [0.4, 0.5) is 4.79 Å². The summed E-state index contributed by atoms with van der Waals surface area (Å²) in [5, 5.41) is 0.351. The number of hydrogen-bond acceptors (Lipinski definition) is 7. The average molecular weight is 496 g/mol. The fourth-order valence-electron chi connectivity index (χ4n) is 3.26. The first-order chi connectivity index (χ1) is 15.4. The Balaban J connectivity index is 1.59. The summed E-state index contributed by atoms with van der Waals surface area (Å²) in [5.74, 6) is 1.56. The number of thioether (sulfide) groups is 1. The van der Waals surface area contributed by atoms with Crippen molar-refractivity contribution in [1.29, 1.82) is 0 Å². The van der Waals surface area contributed by atoms with Gasteiger partial charge in [-0.2, -0.15) is 0 Å². The molecule has 2 aromatic carbocycles. The van der Waals surface area contributed by atoms with E-state index in [0.29, 0.717) is 57.4 Å². The van der Waals surface area contributed by atoms with Crippen molar-refractivity contribution < 1.29 is 28.5 Å². The smallest absolute Gasteiger partial charge is 0.293 e. The largest absolute Gasteiger partial charge is 0.490 e. The summed E-state index contributed by atoms with van der Waals surface area (Å²) in [7, 11) is 0. The molecule has 0 saturated carbocycles. The van der Waals surface area contributed by atoms with Crippen molar-refractivity contribution in [2.75, 3.05) is 20.0 Å². The van der Waals surface area contributed by atoms with Crippen LogP contribution in [0.1, 0.15) is 25.0 Å². The molecule has 0 N–H and O–H groups in total. The summed E-state index contributed by atoms with van der Waals surface area (Å²) in [5.41, 5.74) is 1.20. The Morgan fingerprint density at radius 2 is 1.75 bits per heavy atom. The van der Waals surface area contributed by atoms with Crippen LogP contribution < -0.4 is 18.9 Å². The third-order valence-electron chi connectivity index (χ3n) is 4.66. The zero-order chi connectivity index (χ0) is 22.8. The molecule has 32 heavy (non-hydrogen) atoms. The summed E-state index contributed by atoms with van der Waals surface area (Å²) < 4.78 is 21.8. The van der Waals surface area contributed by atoms with Crippen LogP contribution in [-0.4, -0.2) is 36.1 Å². The predicted octanol–water partition coefficient (Wildman–Crippen LogP) is 5.76. The molecule has 0 aliphatic carbocycles. The number of carbonyl (C=O) groups is 2. The fraction of sp³-hybridized carbons (Fsp3) is 0.273. The van der Waals surface area contributed by atoms with Crippen LogP contribution in [0, 0.1) is 0 Å². The van der Waals surface area contributed by atoms with Crippen LogP contribution in [0.5, 0.6) is 23.0 Å². The van der Waals surface area contributed by atoms with Crippen LogP contribution in [0.15, 0.2) is 29.2 Å². The van der Waals surface area contributed by atoms with Crippen LogP contribution in [-0.2, 0) is 11.3 Å². The van der Waals surface area contributed by atoms with Gasteiger partial charge in [-0.3, -0.25) is 14.5 Å². The van der Waals surface area contributed by atoms with Gasteiger partial charge in [0.2, 0.25) is 6.79 Å². The van der Waals surface area contributed by atoms with E-state index in [1.165, 1.54) is 0 Å². The molecule has 0 radical (unpaired) electrons. The number of rotatable bonds is 7. The summed E-state index contributed by atoms with van der Waals surface area (Å²) in [6.07, 6.45) is 1.61. The highest BCUT2D eigenvalue weighted by molar-refractivity contribution is 8.18. The number of nitrogens with zero attached hydrogens (tertiary/aromatic N) is 1. The normalized spacial score (nSPS) is 16.2. The van der Waals surface area contributed by atoms with E-state index < -0.39 is 11.1 Å². The van der Waals surface area contributed by atoms with Crippen molar-refractivity contribution in [3.8, 4) is 23.0 Å². The molecule has 2 amide bonds. The lowest BCUT2D eigenvalue weighted by molar-refractivity contribution is -0.123. The maximum atomic E-state index is 13.0. The van der Waals surface area contributed by atoms with Crippen molar-refractivity contribution in [2.24, 2.45) is 0 Å². The summed E-state index contributed by atoms with van der Waals surface area (Å²) >= 11 is 13.5. The van der Waals surface area contributed by atoms with Crippen molar-refractivity contribution >= 4 is 52.2 Å². The van der Waals surface area contributed by atoms with Crippen molar-refractivity contribution in [1.82, 2.24) is 4.90 Å². The molecule has 1 saturated heterocycles. The Labute approximate surface area is 199 Å². The lowest BCUT2D eigenvalue weighted by Crippen LogP contribution is -2.27. The molecular formula is C22H19Cl2NO6S. The third kappa shape index (κ3) is 4.48. The maximum Gasteiger partial charge on any atom is 0.293 e. The van der Waals surface area contributed by atoms with Gasteiger partial charge in [-0.1, -0.05) is 23.2 Å². The first-order valence-electron chi connectivity index (χ1n) is 9.83. The second kappa shape index (κ2) is 9.52. The van der Waals surface area contributed by atoms with Gasteiger partial charge < -0.3 is 18.9 Å². The number of halogens is 2. The first kappa shape index (κ1) is 22.6. The minimum atomic E-state index is -0.420. The molecule has 0 spiro atoms. The van der Waals surface area contributed by atoms with E-state index in [0.717, 1.165) is 16.7 Å². The third-order valence-corrected chi connectivity index (χ3v) is 6.20. The van der Waals surface area contributed by atoms with Crippen LogP contribution in [0.25, 0.3) is 6.08 Å². The van der Waals surface area contributed by atoms with Crippen LogP contribution in [0.2, 0.25) is 10.0 Å². The quantitative estimate of drug-likeness (QED) is 0.452. The second-order valence-corrected chi connectivity index (χ2v) is 8.57. The molecule has 0 aromatic heterocycles. The van der Waals surface area contributed by atoms with E-state index in [1.807, 2.05) is 13.8 Å². The molecular weight excluding hydrogens is 477 g/mol. The molecule has 4 rings (SSSR count). The second-order valence-electron chi connectivity index (χ2n) is 6.76. The van der Waals surface area contributed by atoms with Gasteiger partial charge in [0.25, 0.3) is 11.1 Å². The molecule has 7 nitrogen and oxygen atoms in total. The Morgan fingerprint density at radius 3 is 2.47 bits per heavy atom. The average Bonchev–Trinajstić information content (AvgIpc) is 3.30. The van der Waals surface area contributed by atoms with E-state index >= 15 is 0 Å².